The minimum Gasteiger partial charge on any atom is -0.366 e. The zero-order valence-electron chi connectivity index (χ0n) is 27.6. The molecule has 7 nitrogen and oxygen atoms in total. The largest absolute Gasteiger partial charge is 0.405 e. The highest BCUT2D eigenvalue weighted by atomic mass is 19.4. The molecular weight excluding hydrogens is 577 g/mol. The van der Waals surface area contributed by atoms with Crippen LogP contribution in [0.3, 0.4) is 0 Å². The molecular formula is C35H57F3N6O. The van der Waals surface area contributed by atoms with Gasteiger partial charge in [0.1, 0.15) is 6.04 Å². The van der Waals surface area contributed by atoms with E-state index in [0.29, 0.717) is 6.04 Å². The van der Waals surface area contributed by atoms with Gasteiger partial charge in [0.25, 0.3) is 0 Å². The second kappa shape index (κ2) is 15.6. The van der Waals surface area contributed by atoms with Crippen LogP contribution in [0.15, 0.2) is 18.2 Å². The molecule has 0 aromatic heterocycles. The fraction of sp³-hybridized carbons (Fsp3) is 0.800. The Kier molecular flexibility index (Phi) is 11.8. The predicted molar refractivity (Wildman–Crippen MR) is 177 cm³/mol. The molecule has 1 saturated heterocycles. The Morgan fingerprint density at radius 2 is 1.56 bits per heavy atom. The number of alkyl halides is 3. The summed E-state index contributed by atoms with van der Waals surface area (Å²) < 4.78 is 42.8. The Morgan fingerprint density at radius 3 is 2.18 bits per heavy atom. The Hall–Kier alpha value is -2.20. The van der Waals surface area contributed by atoms with Gasteiger partial charge in [0, 0.05) is 30.4 Å². The predicted octanol–water partition coefficient (Wildman–Crippen LogP) is 8.79. The third-order valence-corrected chi connectivity index (χ3v) is 10.9. The number of benzene rings is 1. The van der Waals surface area contributed by atoms with E-state index in [9.17, 15) is 18.0 Å². The van der Waals surface area contributed by atoms with E-state index in [-0.39, 0.29) is 37.4 Å². The first-order valence-corrected chi connectivity index (χ1v) is 17.9. The Morgan fingerprint density at radius 1 is 0.956 bits per heavy atom. The number of halogens is 3. The summed E-state index contributed by atoms with van der Waals surface area (Å²) in [7, 11) is 0. The molecule has 0 radical (unpaired) electrons. The molecule has 2 aliphatic heterocycles. The molecule has 3 atom stereocenters. The van der Waals surface area contributed by atoms with Crippen molar-refractivity contribution in [1.82, 2.24) is 15.8 Å². The Labute approximate surface area is 268 Å². The van der Waals surface area contributed by atoms with Crippen LogP contribution in [-0.4, -0.2) is 54.6 Å². The smallest absolute Gasteiger partial charge is 0.366 e. The van der Waals surface area contributed by atoms with Gasteiger partial charge in [-0.25, -0.2) is 15.2 Å². The van der Waals surface area contributed by atoms with Crippen LogP contribution in [-0.2, 0) is 0 Å². The summed E-state index contributed by atoms with van der Waals surface area (Å²) >= 11 is 0. The van der Waals surface area contributed by atoms with Crippen molar-refractivity contribution in [3.8, 4) is 0 Å². The molecule has 2 unspecified atom stereocenters. The van der Waals surface area contributed by atoms with Gasteiger partial charge in [-0.05, 0) is 69.1 Å². The summed E-state index contributed by atoms with van der Waals surface area (Å²) in [5.74, 6) is 0.0683. The first kappa shape index (κ1) is 34.1. The maximum absolute atomic E-state index is 14.3. The normalized spacial score (nSPS) is 27.2. The fourth-order valence-corrected chi connectivity index (χ4v) is 8.30. The number of carbonyl (C=O) groups is 1. The number of rotatable bonds is 7. The number of anilines is 3. The molecule has 4 aliphatic rings. The van der Waals surface area contributed by atoms with E-state index in [4.69, 9.17) is 0 Å². The number of carbonyl (C=O) groups excluding carboxylic acids is 1. The van der Waals surface area contributed by atoms with Crippen LogP contribution < -0.4 is 26.3 Å². The molecule has 2 saturated carbocycles. The maximum Gasteiger partial charge on any atom is 0.405 e. The standard InChI is InChI=1S/C35H57F3N6O/c1-26(24-44-32(35(36,37)38)22-34(2,42-44)27-15-11-7-3-4-8-12-16-27)23-39-33(45)41-28-19-20-30-31(21-28)43(25-40-30)29-17-13-9-5-6-10-14-18-29/h19-21,26-27,29,32,40,42H,3-18,22-25H2,1-2H3,(H2,39,41,45)/t26-,32?,34?/m0/s1. The van der Waals surface area contributed by atoms with Crippen molar-refractivity contribution >= 4 is 23.1 Å². The van der Waals surface area contributed by atoms with Crippen LogP contribution in [0.4, 0.5) is 35.0 Å². The fourth-order valence-electron chi connectivity index (χ4n) is 8.30. The minimum atomic E-state index is -4.31. The lowest BCUT2D eigenvalue weighted by molar-refractivity contribution is -0.181. The summed E-state index contributed by atoms with van der Waals surface area (Å²) in [4.78, 5) is 15.4. The van der Waals surface area contributed by atoms with Gasteiger partial charge < -0.3 is 20.9 Å². The summed E-state index contributed by atoms with van der Waals surface area (Å²) in [6.45, 7) is 5.19. The molecule has 2 amide bonds. The number of nitrogens with zero attached hydrogens (tertiary/aromatic N) is 2. The molecule has 1 aromatic rings. The van der Waals surface area contributed by atoms with Gasteiger partial charge in [-0.2, -0.15) is 13.2 Å². The lowest BCUT2D eigenvalue weighted by Crippen LogP contribution is -2.52. The van der Waals surface area contributed by atoms with Gasteiger partial charge in [-0.15, -0.1) is 0 Å². The Balaban J connectivity index is 1.14. The van der Waals surface area contributed by atoms with E-state index in [1.54, 1.807) is 0 Å². The Bertz CT molecular complexity index is 1080. The number of nitrogens with one attached hydrogen (secondary N) is 4. The van der Waals surface area contributed by atoms with Gasteiger partial charge in [0.05, 0.1) is 18.0 Å². The molecule has 45 heavy (non-hydrogen) atoms. The molecule has 2 heterocycles. The van der Waals surface area contributed by atoms with Crippen molar-refractivity contribution in [2.24, 2.45) is 11.8 Å². The average molecular weight is 635 g/mol. The molecule has 1 aromatic carbocycles. The number of urea groups is 1. The van der Waals surface area contributed by atoms with Crippen LogP contribution in [0.25, 0.3) is 0 Å². The highest BCUT2D eigenvalue weighted by Gasteiger charge is 2.55. The van der Waals surface area contributed by atoms with Gasteiger partial charge in [0.2, 0.25) is 0 Å². The summed E-state index contributed by atoms with van der Waals surface area (Å²) in [6.07, 6.45) is 14.9. The van der Waals surface area contributed by atoms with Crippen LogP contribution in [0, 0.1) is 11.8 Å². The first-order valence-electron chi connectivity index (χ1n) is 17.9. The molecule has 0 bridgehead atoms. The van der Waals surface area contributed by atoms with E-state index in [0.717, 1.165) is 49.4 Å². The topological polar surface area (TPSA) is 71.7 Å². The lowest BCUT2D eigenvalue weighted by atomic mass is 9.77. The SMILES string of the molecule is C[C@@H](CNC(=O)Nc1ccc2c(c1)N(C1CCCCCCCC1)CN2)CN1NC(C)(C2CCCCCCCC2)CC1C(F)(F)F. The van der Waals surface area contributed by atoms with Crippen LogP contribution in [0.1, 0.15) is 123 Å². The maximum atomic E-state index is 14.3. The van der Waals surface area contributed by atoms with Gasteiger partial charge >= 0.3 is 12.2 Å². The summed E-state index contributed by atoms with van der Waals surface area (Å²) in [6, 6.07) is 4.62. The minimum absolute atomic E-state index is 0.0763. The van der Waals surface area contributed by atoms with Gasteiger partial charge in [-0.1, -0.05) is 84.0 Å². The molecule has 4 N–H and O–H groups in total. The van der Waals surface area contributed by atoms with Crippen molar-refractivity contribution in [3.05, 3.63) is 18.2 Å². The number of fused-ring (bicyclic) bond motifs is 1. The lowest BCUT2D eigenvalue weighted by Gasteiger charge is -2.36. The number of hydrogen-bond donors (Lipinski definition) is 4. The van der Waals surface area contributed by atoms with Crippen LogP contribution in [0.5, 0.6) is 0 Å². The van der Waals surface area contributed by atoms with Gasteiger partial charge in [0.15, 0.2) is 0 Å². The highest BCUT2D eigenvalue weighted by molar-refractivity contribution is 5.91. The average Bonchev–Trinajstić information content (AvgIpc) is 3.63. The van der Waals surface area contributed by atoms with E-state index >= 15 is 0 Å². The molecule has 5 rings (SSSR count). The summed E-state index contributed by atoms with van der Waals surface area (Å²) in [5.41, 5.74) is 5.74. The highest BCUT2D eigenvalue weighted by Crippen LogP contribution is 2.43. The van der Waals surface area contributed by atoms with E-state index in [1.807, 2.05) is 32.0 Å². The van der Waals surface area contributed by atoms with E-state index in [1.165, 1.54) is 82.1 Å². The first-order chi connectivity index (χ1) is 21.6. The van der Waals surface area contributed by atoms with Crippen molar-refractivity contribution < 1.29 is 18.0 Å². The second-order valence-corrected chi connectivity index (χ2v) is 14.7. The van der Waals surface area contributed by atoms with Crippen LogP contribution in [0.2, 0.25) is 0 Å². The molecule has 2 aliphatic carbocycles. The zero-order chi connectivity index (χ0) is 31.9. The second-order valence-electron chi connectivity index (χ2n) is 14.7. The van der Waals surface area contributed by atoms with Crippen molar-refractivity contribution in [2.75, 3.05) is 35.3 Å². The summed E-state index contributed by atoms with van der Waals surface area (Å²) in [5, 5.41) is 10.8. The van der Waals surface area contributed by atoms with Crippen molar-refractivity contribution in [1.29, 1.82) is 0 Å². The monoisotopic (exact) mass is 634 g/mol. The van der Waals surface area contributed by atoms with Crippen LogP contribution >= 0.6 is 0 Å². The quantitative estimate of drug-likeness (QED) is 0.241. The van der Waals surface area contributed by atoms with E-state index < -0.39 is 17.8 Å². The number of hydrogen-bond acceptors (Lipinski definition) is 5. The molecule has 3 fully saturated rings. The zero-order valence-corrected chi connectivity index (χ0v) is 27.6. The molecule has 254 valence electrons. The van der Waals surface area contributed by atoms with Crippen molar-refractivity contribution in [3.63, 3.8) is 0 Å². The number of hydrazine groups is 1. The third kappa shape index (κ3) is 9.21. The van der Waals surface area contributed by atoms with Gasteiger partial charge in [-0.3, -0.25) is 0 Å². The van der Waals surface area contributed by atoms with Crippen molar-refractivity contribution in [2.45, 2.75) is 147 Å². The number of amides is 2. The molecule has 0 spiro atoms. The molecule has 10 heteroatoms. The van der Waals surface area contributed by atoms with E-state index in [2.05, 4.69) is 26.3 Å². The third-order valence-electron chi connectivity index (χ3n) is 10.9.